The number of alkyl carbamates (subject to hydrolysis) is 1. The van der Waals surface area contributed by atoms with Crippen molar-refractivity contribution in [2.24, 2.45) is 0 Å². The summed E-state index contributed by atoms with van der Waals surface area (Å²) in [4.78, 5) is 12.0. The number of nitrogens with one attached hydrogen (secondary N) is 1. The molecule has 0 bridgehead atoms. The number of aliphatic hydroxyl groups is 2. The Kier molecular flexibility index (Phi) is 16.6. The maximum absolute atomic E-state index is 12.0. The number of unbranched alkanes of at least 4 members (excludes halogenated alkanes) is 2. The van der Waals surface area contributed by atoms with Gasteiger partial charge >= 0.3 is 6.09 Å². The van der Waals surface area contributed by atoms with Crippen LogP contribution in [0.4, 0.5) is 4.79 Å². The first-order valence-corrected chi connectivity index (χ1v) is 10.9. The van der Waals surface area contributed by atoms with Gasteiger partial charge in [0.15, 0.2) is 6.29 Å². The van der Waals surface area contributed by atoms with E-state index in [9.17, 15) is 15.0 Å². The molecule has 0 heterocycles. The van der Waals surface area contributed by atoms with E-state index in [1.165, 1.54) is 6.92 Å². The second-order valence-electron chi connectivity index (χ2n) is 6.60. The molecule has 3 N–H and O–H groups in total. The van der Waals surface area contributed by atoms with Crippen LogP contribution in [-0.2, 0) is 18.9 Å². The Balaban J connectivity index is 4.80. The highest BCUT2D eigenvalue weighted by Gasteiger charge is 2.29. The number of ether oxygens (including phenoxy) is 4. The average Bonchev–Trinajstić information content (AvgIpc) is 2.64. The van der Waals surface area contributed by atoms with Gasteiger partial charge in [-0.1, -0.05) is 61.5 Å². The van der Waals surface area contributed by atoms with E-state index in [1.54, 1.807) is 0 Å². The van der Waals surface area contributed by atoms with Gasteiger partial charge in [-0.05, 0) is 19.8 Å². The number of carbonyl (C=O) groups is 1. The summed E-state index contributed by atoms with van der Waals surface area (Å²) in [5, 5.41) is 22.8. The highest BCUT2D eigenvalue weighted by atomic mass is 35.6. The number of rotatable bonds is 16. The molecular formula is C18H34Cl3NO7. The topological polar surface area (TPSA) is 106 Å². The van der Waals surface area contributed by atoms with Crippen LogP contribution in [0, 0.1) is 0 Å². The number of hydrogen-bond donors (Lipinski definition) is 3. The van der Waals surface area contributed by atoms with Crippen molar-refractivity contribution in [1.82, 2.24) is 5.32 Å². The lowest BCUT2D eigenvalue weighted by molar-refractivity contribution is -0.195. The Morgan fingerprint density at radius 1 is 1.03 bits per heavy atom. The van der Waals surface area contributed by atoms with Gasteiger partial charge in [0.25, 0.3) is 0 Å². The Bertz CT molecular complexity index is 425. The van der Waals surface area contributed by atoms with Gasteiger partial charge in [-0.25, -0.2) is 4.79 Å². The summed E-state index contributed by atoms with van der Waals surface area (Å²) in [5.74, 6) is 0. The van der Waals surface area contributed by atoms with E-state index in [1.807, 2.05) is 13.8 Å². The highest BCUT2D eigenvalue weighted by molar-refractivity contribution is 6.67. The van der Waals surface area contributed by atoms with Crippen molar-refractivity contribution in [3.8, 4) is 0 Å². The number of hydrogen-bond acceptors (Lipinski definition) is 7. The summed E-state index contributed by atoms with van der Waals surface area (Å²) in [6, 6.07) is -0.966. The molecule has 0 aliphatic carbocycles. The SMILES string of the molecule is CCCCOCC(O[C@H](O)[C@H](COCCCC)NC(=O)OCC(Cl)(Cl)Cl)[C@H](C)O. The van der Waals surface area contributed by atoms with Crippen LogP contribution in [0.2, 0.25) is 0 Å². The molecule has 0 aliphatic rings. The first-order chi connectivity index (χ1) is 13.6. The third-order valence-corrected chi connectivity index (χ3v) is 4.06. The van der Waals surface area contributed by atoms with E-state index in [2.05, 4.69) is 5.32 Å². The van der Waals surface area contributed by atoms with Crippen molar-refractivity contribution in [3.63, 3.8) is 0 Å². The Hall–Kier alpha value is -0.0600. The molecule has 0 rings (SSSR count). The zero-order valence-corrected chi connectivity index (χ0v) is 19.5. The largest absolute Gasteiger partial charge is 0.445 e. The lowest BCUT2D eigenvalue weighted by Crippen LogP contribution is -2.50. The van der Waals surface area contributed by atoms with Crippen LogP contribution in [0.5, 0.6) is 0 Å². The molecule has 1 amide bonds. The second-order valence-corrected chi connectivity index (χ2v) is 9.12. The average molecular weight is 483 g/mol. The van der Waals surface area contributed by atoms with Crippen molar-refractivity contribution in [1.29, 1.82) is 0 Å². The molecule has 29 heavy (non-hydrogen) atoms. The fraction of sp³-hybridized carbons (Fsp3) is 0.944. The number of amides is 1. The van der Waals surface area contributed by atoms with Gasteiger partial charge < -0.3 is 34.5 Å². The minimum atomic E-state index is -1.76. The highest BCUT2D eigenvalue weighted by Crippen LogP contribution is 2.25. The third kappa shape index (κ3) is 16.3. The van der Waals surface area contributed by atoms with Crippen LogP contribution in [0.3, 0.4) is 0 Å². The lowest BCUT2D eigenvalue weighted by Gasteiger charge is -2.29. The smallest absolute Gasteiger partial charge is 0.407 e. The predicted octanol–water partition coefficient (Wildman–Crippen LogP) is 3.17. The standard InChI is InChI=1S/C18H34Cl3NO7/c1-4-6-8-26-10-14(22-17(25)28-12-18(19,20)21)16(24)29-15(13(3)23)11-27-9-7-5-2/h13-16,23-24H,4-12H2,1-3H3,(H,22,25)/t13-,14-,15?,16-/m0/s1. The molecule has 174 valence electrons. The zero-order valence-electron chi connectivity index (χ0n) is 17.2. The zero-order chi connectivity index (χ0) is 22.3. The van der Waals surface area contributed by atoms with Crippen LogP contribution in [0.15, 0.2) is 0 Å². The maximum atomic E-state index is 12.0. The van der Waals surface area contributed by atoms with E-state index in [0.717, 1.165) is 25.7 Å². The van der Waals surface area contributed by atoms with Crippen LogP contribution >= 0.6 is 34.8 Å². The summed E-state index contributed by atoms with van der Waals surface area (Å²) in [5.41, 5.74) is 0. The molecule has 0 aromatic rings. The molecule has 0 aliphatic heterocycles. The maximum Gasteiger partial charge on any atom is 0.407 e. The summed E-state index contributed by atoms with van der Waals surface area (Å²) < 4.78 is 19.5. The van der Waals surface area contributed by atoms with Crippen molar-refractivity contribution in [2.45, 2.75) is 74.8 Å². The van der Waals surface area contributed by atoms with E-state index in [-0.39, 0.29) is 13.2 Å². The van der Waals surface area contributed by atoms with Crippen LogP contribution in [-0.4, -0.2) is 77.7 Å². The molecule has 1 unspecified atom stereocenters. The molecule has 0 fully saturated rings. The summed E-state index contributed by atoms with van der Waals surface area (Å²) >= 11 is 16.7. The number of aliphatic hydroxyl groups excluding tert-OH is 2. The van der Waals surface area contributed by atoms with Crippen LogP contribution in [0.1, 0.15) is 46.5 Å². The molecule has 0 spiro atoms. The predicted molar refractivity (Wildman–Crippen MR) is 113 cm³/mol. The van der Waals surface area contributed by atoms with Gasteiger partial charge in [0, 0.05) is 13.2 Å². The number of halogens is 3. The van der Waals surface area contributed by atoms with Crippen molar-refractivity contribution < 1.29 is 34.0 Å². The quantitative estimate of drug-likeness (QED) is 0.176. The van der Waals surface area contributed by atoms with Gasteiger partial charge in [-0.3, -0.25) is 0 Å². The van der Waals surface area contributed by atoms with E-state index < -0.39 is 41.0 Å². The lowest BCUT2D eigenvalue weighted by atomic mass is 10.2. The molecule has 0 saturated heterocycles. The van der Waals surface area contributed by atoms with Gasteiger partial charge in [0.05, 0.1) is 19.3 Å². The fourth-order valence-corrected chi connectivity index (χ4v) is 2.17. The molecule has 4 atom stereocenters. The second kappa shape index (κ2) is 16.6. The monoisotopic (exact) mass is 481 g/mol. The summed E-state index contributed by atoms with van der Waals surface area (Å²) in [6.45, 7) is 6.13. The molecule has 0 saturated carbocycles. The summed E-state index contributed by atoms with van der Waals surface area (Å²) in [7, 11) is 0. The first-order valence-electron chi connectivity index (χ1n) is 9.77. The number of alkyl halides is 3. The Labute approximate surface area is 188 Å². The molecule has 11 heteroatoms. The molecule has 0 aromatic carbocycles. The fourth-order valence-electron chi connectivity index (χ4n) is 2.00. The molecule has 8 nitrogen and oxygen atoms in total. The van der Waals surface area contributed by atoms with E-state index >= 15 is 0 Å². The van der Waals surface area contributed by atoms with Crippen molar-refractivity contribution in [2.75, 3.05) is 33.0 Å². The number of carbonyl (C=O) groups excluding carboxylic acids is 1. The molecule has 0 aromatic heterocycles. The summed E-state index contributed by atoms with van der Waals surface area (Å²) in [6.07, 6.45) is -0.477. The van der Waals surface area contributed by atoms with Crippen LogP contribution in [0.25, 0.3) is 0 Å². The molecule has 0 radical (unpaired) electrons. The molecular weight excluding hydrogens is 449 g/mol. The van der Waals surface area contributed by atoms with Crippen molar-refractivity contribution >= 4 is 40.9 Å². The van der Waals surface area contributed by atoms with E-state index in [0.29, 0.717) is 13.2 Å². The van der Waals surface area contributed by atoms with Crippen LogP contribution < -0.4 is 5.32 Å². The minimum absolute atomic E-state index is 0.0345. The van der Waals surface area contributed by atoms with Gasteiger partial charge in [0.2, 0.25) is 3.79 Å². The Morgan fingerprint density at radius 3 is 2.07 bits per heavy atom. The minimum Gasteiger partial charge on any atom is -0.445 e. The van der Waals surface area contributed by atoms with Crippen molar-refractivity contribution in [3.05, 3.63) is 0 Å². The third-order valence-electron chi connectivity index (χ3n) is 3.73. The first kappa shape index (κ1) is 28.9. The van der Waals surface area contributed by atoms with Gasteiger partial charge in [-0.2, -0.15) is 0 Å². The Morgan fingerprint density at radius 2 is 1.59 bits per heavy atom. The van der Waals surface area contributed by atoms with Gasteiger partial charge in [-0.15, -0.1) is 0 Å². The van der Waals surface area contributed by atoms with Gasteiger partial charge in [0.1, 0.15) is 18.8 Å². The van der Waals surface area contributed by atoms with E-state index in [4.69, 9.17) is 53.8 Å². The normalized spacial score (nSPS) is 16.1.